The molecule has 0 aromatic carbocycles. The van der Waals surface area contributed by atoms with Crippen molar-refractivity contribution in [3.63, 3.8) is 0 Å². The first kappa shape index (κ1) is 20.0. The number of likely N-dealkylation sites (tertiary alicyclic amines) is 1. The predicted molar refractivity (Wildman–Crippen MR) is 109 cm³/mol. The maximum Gasteiger partial charge on any atom is 0.236 e. The molecule has 0 radical (unpaired) electrons. The number of rotatable bonds is 5. The second-order valence-corrected chi connectivity index (χ2v) is 7.84. The SMILES string of the molecule is CCc1ncc(-c2nccn2C)c(C2CCN(CC(=O)N3CCOCC3)CC2)n1. The normalized spacial score (nSPS) is 18.9. The molecule has 2 fully saturated rings. The molecule has 0 atom stereocenters. The van der Waals surface area contributed by atoms with Gasteiger partial charge in [-0.15, -0.1) is 0 Å². The van der Waals surface area contributed by atoms with Crippen LogP contribution in [0.2, 0.25) is 0 Å². The van der Waals surface area contributed by atoms with Gasteiger partial charge in [0.1, 0.15) is 11.6 Å². The number of hydrogen-bond acceptors (Lipinski definition) is 6. The van der Waals surface area contributed by atoms with Crippen LogP contribution in [0, 0.1) is 0 Å². The highest BCUT2D eigenvalue weighted by molar-refractivity contribution is 5.78. The number of morpholine rings is 1. The van der Waals surface area contributed by atoms with Crippen LogP contribution >= 0.6 is 0 Å². The van der Waals surface area contributed by atoms with E-state index in [2.05, 4.69) is 21.8 Å². The number of carbonyl (C=O) groups is 1. The topological polar surface area (TPSA) is 76.4 Å². The summed E-state index contributed by atoms with van der Waals surface area (Å²) in [7, 11) is 2.00. The summed E-state index contributed by atoms with van der Waals surface area (Å²) < 4.78 is 7.36. The molecular weight excluding hydrogens is 368 g/mol. The third-order valence-electron chi connectivity index (χ3n) is 5.94. The smallest absolute Gasteiger partial charge is 0.236 e. The zero-order valence-corrected chi connectivity index (χ0v) is 17.4. The molecule has 8 nitrogen and oxygen atoms in total. The molecule has 0 saturated carbocycles. The molecule has 0 unspecified atom stereocenters. The maximum absolute atomic E-state index is 12.5. The minimum atomic E-state index is 0.218. The van der Waals surface area contributed by atoms with Gasteiger partial charge in [-0.25, -0.2) is 15.0 Å². The van der Waals surface area contributed by atoms with Crippen molar-refractivity contribution in [3.8, 4) is 11.4 Å². The summed E-state index contributed by atoms with van der Waals surface area (Å²) in [6.45, 7) is 7.13. The number of amides is 1. The van der Waals surface area contributed by atoms with Crippen LogP contribution < -0.4 is 0 Å². The summed E-state index contributed by atoms with van der Waals surface area (Å²) in [5.41, 5.74) is 2.13. The van der Waals surface area contributed by atoms with Gasteiger partial charge >= 0.3 is 0 Å². The molecule has 2 aromatic rings. The van der Waals surface area contributed by atoms with Gasteiger partial charge < -0.3 is 14.2 Å². The van der Waals surface area contributed by atoms with Crippen LogP contribution in [0.15, 0.2) is 18.6 Å². The minimum Gasteiger partial charge on any atom is -0.378 e. The number of carbonyl (C=O) groups excluding carboxylic acids is 1. The largest absolute Gasteiger partial charge is 0.378 e. The number of ether oxygens (including phenoxy) is 1. The van der Waals surface area contributed by atoms with Crippen LogP contribution in [0.5, 0.6) is 0 Å². The fourth-order valence-corrected chi connectivity index (χ4v) is 4.18. The van der Waals surface area contributed by atoms with E-state index >= 15 is 0 Å². The van der Waals surface area contributed by atoms with E-state index in [1.54, 1.807) is 0 Å². The van der Waals surface area contributed by atoms with Gasteiger partial charge in [0, 0.05) is 51.1 Å². The zero-order valence-electron chi connectivity index (χ0n) is 17.4. The van der Waals surface area contributed by atoms with Crippen LogP contribution in [0.1, 0.15) is 37.2 Å². The Hall–Kier alpha value is -2.32. The van der Waals surface area contributed by atoms with E-state index in [-0.39, 0.29) is 5.91 Å². The second-order valence-electron chi connectivity index (χ2n) is 7.84. The first-order valence-corrected chi connectivity index (χ1v) is 10.6. The molecule has 0 bridgehead atoms. The van der Waals surface area contributed by atoms with E-state index in [9.17, 15) is 4.79 Å². The summed E-state index contributed by atoms with van der Waals surface area (Å²) in [5, 5.41) is 0. The Morgan fingerprint density at radius 2 is 1.93 bits per heavy atom. The molecule has 2 aliphatic heterocycles. The van der Waals surface area contributed by atoms with Gasteiger partial charge in [-0.1, -0.05) is 6.92 Å². The zero-order chi connectivity index (χ0) is 20.2. The Balaban J connectivity index is 1.44. The van der Waals surface area contributed by atoms with Gasteiger partial charge in [0.05, 0.1) is 31.0 Å². The Morgan fingerprint density at radius 3 is 2.59 bits per heavy atom. The Bertz CT molecular complexity index is 837. The molecule has 8 heteroatoms. The lowest BCUT2D eigenvalue weighted by Gasteiger charge is -2.34. The molecule has 2 aliphatic rings. The average Bonchev–Trinajstić information content (AvgIpc) is 3.20. The van der Waals surface area contributed by atoms with Crippen molar-refractivity contribution in [3.05, 3.63) is 30.1 Å². The van der Waals surface area contributed by atoms with Crippen LogP contribution in [0.3, 0.4) is 0 Å². The first-order chi connectivity index (χ1) is 14.2. The van der Waals surface area contributed by atoms with Crippen molar-refractivity contribution >= 4 is 5.91 Å². The Labute approximate surface area is 171 Å². The summed E-state index contributed by atoms with van der Waals surface area (Å²) in [6, 6.07) is 0. The van der Waals surface area contributed by atoms with Crippen molar-refractivity contribution in [2.75, 3.05) is 45.9 Å². The summed E-state index contributed by atoms with van der Waals surface area (Å²) >= 11 is 0. The van der Waals surface area contributed by atoms with Crippen molar-refractivity contribution in [2.45, 2.75) is 32.1 Å². The third kappa shape index (κ3) is 4.48. The lowest BCUT2D eigenvalue weighted by molar-refractivity contribution is -0.136. The van der Waals surface area contributed by atoms with Gasteiger partial charge in [0.25, 0.3) is 0 Å². The fourth-order valence-electron chi connectivity index (χ4n) is 4.18. The van der Waals surface area contributed by atoms with Gasteiger partial charge in [0.15, 0.2) is 0 Å². The monoisotopic (exact) mass is 398 g/mol. The van der Waals surface area contributed by atoms with Gasteiger partial charge in [0.2, 0.25) is 5.91 Å². The van der Waals surface area contributed by atoms with Crippen LogP contribution in [-0.4, -0.2) is 81.2 Å². The van der Waals surface area contributed by atoms with Crippen molar-refractivity contribution in [1.82, 2.24) is 29.3 Å². The Kier molecular flexibility index (Phi) is 6.20. The summed E-state index contributed by atoms with van der Waals surface area (Å²) in [6.07, 6.45) is 8.50. The lowest BCUT2D eigenvalue weighted by atomic mass is 9.90. The molecule has 0 N–H and O–H groups in total. The molecule has 2 aromatic heterocycles. The predicted octanol–water partition coefficient (Wildman–Crippen LogP) is 1.48. The van der Waals surface area contributed by atoms with Gasteiger partial charge in [-0.2, -0.15) is 0 Å². The number of aromatic nitrogens is 4. The van der Waals surface area contributed by atoms with Gasteiger partial charge in [-0.3, -0.25) is 9.69 Å². The Morgan fingerprint density at radius 1 is 1.17 bits per heavy atom. The van der Waals surface area contributed by atoms with Crippen LogP contribution in [0.25, 0.3) is 11.4 Å². The quantitative estimate of drug-likeness (QED) is 0.759. The second kappa shape index (κ2) is 9.00. The highest BCUT2D eigenvalue weighted by atomic mass is 16.5. The number of hydrogen-bond donors (Lipinski definition) is 0. The van der Waals surface area contributed by atoms with E-state index in [1.165, 1.54) is 0 Å². The van der Waals surface area contributed by atoms with Crippen LogP contribution in [0.4, 0.5) is 0 Å². The molecule has 29 heavy (non-hydrogen) atoms. The van der Waals surface area contributed by atoms with E-state index < -0.39 is 0 Å². The lowest BCUT2D eigenvalue weighted by Crippen LogP contribution is -2.47. The molecule has 156 valence electrons. The van der Waals surface area contributed by atoms with Crippen molar-refractivity contribution < 1.29 is 9.53 Å². The minimum absolute atomic E-state index is 0.218. The number of aryl methyl sites for hydroxylation is 2. The highest BCUT2D eigenvalue weighted by Gasteiger charge is 2.28. The first-order valence-electron chi connectivity index (χ1n) is 10.6. The number of nitrogens with zero attached hydrogens (tertiary/aromatic N) is 6. The summed E-state index contributed by atoms with van der Waals surface area (Å²) in [4.78, 5) is 30.7. The van der Waals surface area contributed by atoms with Crippen LogP contribution in [-0.2, 0) is 23.0 Å². The summed E-state index contributed by atoms with van der Waals surface area (Å²) in [5.74, 6) is 2.37. The fraction of sp³-hybridized carbons (Fsp3) is 0.619. The molecule has 2 saturated heterocycles. The van der Waals surface area contributed by atoms with E-state index in [1.807, 2.05) is 35.1 Å². The van der Waals surface area contributed by atoms with Gasteiger partial charge in [-0.05, 0) is 25.9 Å². The molecule has 0 spiro atoms. The molecule has 1 amide bonds. The standard InChI is InChI=1S/C21H30N6O2/c1-3-18-23-14-17(21-22-6-9-25(21)2)20(24-18)16-4-7-26(8-5-16)15-19(28)27-10-12-29-13-11-27/h6,9,14,16H,3-5,7-8,10-13,15H2,1-2H3. The van der Waals surface area contributed by atoms with E-state index in [0.717, 1.165) is 55.3 Å². The van der Waals surface area contributed by atoms with Crippen molar-refractivity contribution in [1.29, 1.82) is 0 Å². The molecular formula is C21H30N6O2. The highest BCUT2D eigenvalue weighted by Crippen LogP contribution is 2.33. The van der Waals surface area contributed by atoms with E-state index in [4.69, 9.17) is 9.72 Å². The molecule has 0 aliphatic carbocycles. The number of piperidine rings is 1. The van der Waals surface area contributed by atoms with E-state index in [0.29, 0.717) is 38.8 Å². The third-order valence-corrected chi connectivity index (χ3v) is 5.94. The average molecular weight is 399 g/mol. The maximum atomic E-state index is 12.5. The number of imidazole rings is 1. The van der Waals surface area contributed by atoms with Crippen molar-refractivity contribution in [2.24, 2.45) is 7.05 Å². The molecule has 4 heterocycles. The molecule has 4 rings (SSSR count).